The lowest BCUT2D eigenvalue weighted by Crippen LogP contribution is -2.56. The molecule has 0 radical (unpaired) electrons. The number of rotatable bonds is 1. The molecule has 4 nitrogen and oxygen atoms in total. The smallest absolute Gasteiger partial charge is 0.305 e. The summed E-state index contributed by atoms with van der Waals surface area (Å²) in [6.07, 6.45) is 10.1. The van der Waals surface area contributed by atoms with E-state index in [-0.39, 0.29) is 17.5 Å². The number of carbonyl (C=O) groups excluding carboxylic acids is 1. The lowest BCUT2D eigenvalue weighted by Gasteiger charge is -2.60. The third kappa shape index (κ3) is 1.74. The number of epoxide rings is 2. The Hall–Kier alpha value is -0.610. The average molecular weight is 346 g/mol. The Balaban J connectivity index is 1.32. The monoisotopic (exact) mass is 346 g/mol. The van der Waals surface area contributed by atoms with Gasteiger partial charge in [-0.1, -0.05) is 13.8 Å². The molecule has 0 N–H and O–H groups in total. The van der Waals surface area contributed by atoms with E-state index in [9.17, 15) is 4.79 Å². The molecule has 0 amide bonds. The molecule has 6 rings (SSSR count). The topological polar surface area (TPSA) is 51.4 Å². The van der Waals surface area contributed by atoms with Crippen LogP contribution in [0.2, 0.25) is 0 Å². The van der Waals surface area contributed by atoms with Gasteiger partial charge in [0, 0.05) is 12.3 Å². The van der Waals surface area contributed by atoms with Gasteiger partial charge in [0.2, 0.25) is 5.79 Å². The molecule has 2 saturated heterocycles. The molecule has 6 fully saturated rings. The number of carbonyl (C=O) groups is 1. The maximum absolute atomic E-state index is 11.7. The van der Waals surface area contributed by atoms with E-state index < -0.39 is 5.79 Å². The molecule has 0 unspecified atom stereocenters. The Morgan fingerprint density at radius 3 is 2.72 bits per heavy atom. The number of fused-ring (bicyclic) bond motifs is 8. The molecule has 4 saturated carbocycles. The molecule has 138 valence electrons. The molecule has 0 spiro atoms. The second-order valence-corrected chi connectivity index (χ2v) is 10.4. The van der Waals surface area contributed by atoms with Gasteiger partial charge in [0.15, 0.2) is 0 Å². The number of hydrogen-bond acceptors (Lipinski definition) is 4. The van der Waals surface area contributed by atoms with Crippen LogP contribution in [0.1, 0.15) is 65.7 Å². The Bertz CT molecular complexity index is 648. The van der Waals surface area contributed by atoms with Gasteiger partial charge in [-0.3, -0.25) is 4.79 Å². The largest absolute Gasteiger partial charge is 0.430 e. The van der Waals surface area contributed by atoms with Crippen LogP contribution in [0.5, 0.6) is 0 Å². The van der Waals surface area contributed by atoms with Crippen LogP contribution in [0.4, 0.5) is 0 Å². The van der Waals surface area contributed by atoms with E-state index in [1.54, 1.807) is 0 Å². The van der Waals surface area contributed by atoms with Crippen molar-refractivity contribution >= 4 is 5.97 Å². The molecule has 0 bridgehead atoms. The first-order valence-electron chi connectivity index (χ1n) is 10.4. The highest BCUT2D eigenvalue weighted by Crippen LogP contribution is 2.74. The Morgan fingerprint density at radius 1 is 1.08 bits per heavy atom. The summed E-state index contributed by atoms with van der Waals surface area (Å²) in [5.74, 6) is 2.33. The highest BCUT2D eigenvalue weighted by atomic mass is 16.8. The molecule has 4 heteroatoms. The second-order valence-electron chi connectivity index (χ2n) is 10.4. The summed E-state index contributed by atoms with van der Waals surface area (Å²) in [7, 11) is 0. The van der Waals surface area contributed by atoms with Crippen molar-refractivity contribution in [2.24, 2.45) is 34.5 Å². The molecule has 2 aliphatic heterocycles. The SMILES string of the molecule is CC(=O)O[C@@]12O[C@H]1C[C@H]1[C@@H]3CC[C@H]4C[C@@H]5O[C@@H]5C[C@]4(C)[C@H]3CC[C@@]12C. The summed E-state index contributed by atoms with van der Waals surface area (Å²) < 4.78 is 17.7. The Labute approximate surface area is 150 Å². The fraction of sp³-hybridized carbons (Fsp3) is 0.952. The first kappa shape index (κ1) is 15.4. The summed E-state index contributed by atoms with van der Waals surface area (Å²) in [6.45, 7) is 6.44. The van der Waals surface area contributed by atoms with Crippen LogP contribution in [0.25, 0.3) is 0 Å². The van der Waals surface area contributed by atoms with E-state index in [2.05, 4.69) is 13.8 Å². The fourth-order valence-electron chi connectivity index (χ4n) is 8.24. The van der Waals surface area contributed by atoms with E-state index in [4.69, 9.17) is 14.2 Å². The van der Waals surface area contributed by atoms with Crippen molar-refractivity contribution in [3.63, 3.8) is 0 Å². The lowest BCUT2D eigenvalue weighted by atomic mass is 9.45. The van der Waals surface area contributed by atoms with Gasteiger partial charge in [-0.25, -0.2) is 0 Å². The van der Waals surface area contributed by atoms with Crippen LogP contribution in [-0.2, 0) is 19.0 Å². The minimum absolute atomic E-state index is 0.0149. The molecule has 6 aliphatic rings. The number of hydrogen-bond donors (Lipinski definition) is 0. The highest BCUT2D eigenvalue weighted by Gasteiger charge is 2.80. The van der Waals surface area contributed by atoms with Crippen LogP contribution in [-0.4, -0.2) is 30.1 Å². The molecule has 4 aliphatic carbocycles. The zero-order valence-corrected chi connectivity index (χ0v) is 15.6. The van der Waals surface area contributed by atoms with E-state index in [1.165, 1.54) is 39.0 Å². The van der Waals surface area contributed by atoms with E-state index >= 15 is 0 Å². The predicted octanol–water partition coefficient (Wildman–Crippen LogP) is 3.67. The highest BCUT2D eigenvalue weighted by molar-refractivity contribution is 5.67. The van der Waals surface area contributed by atoms with Gasteiger partial charge in [-0.15, -0.1) is 0 Å². The van der Waals surface area contributed by atoms with Gasteiger partial charge in [-0.05, 0) is 74.0 Å². The fourth-order valence-corrected chi connectivity index (χ4v) is 8.24. The van der Waals surface area contributed by atoms with Gasteiger partial charge in [0.1, 0.15) is 6.10 Å². The normalized spacial score (nSPS) is 63.4. The molecular weight excluding hydrogens is 316 g/mol. The van der Waals surface area contributed by atoms with Gasteiger partial charge in [0.25, 0.3) is 0 Å². The van der Waals surface area contributed by atoms with Gasteiger partial charge in [-0.2, -0.15) is 0 Å². The summed E-state index contributed by atoms with van der Waals surface area (Å²) in [4.78, 5) is 11.7. The molecule has 25 heavy (non-hydrogen) atoms. The van der Waals surface area contributed by atoms with Gasteiger partial charge < -0.3 is 14.2 Å². The molecule has 2 heterocycles. The summed E-state index contributed by atoms with van der Waals surface area (Å²) in [5, 5.41) is 0. The van der Waals surface area contributed by atoms with Crippen molar-refractivity contribution in [2.45, 2.75) is 89.8 Å². The Morgan fingerprint density at radius 2 is 1.92 bits per heavy atom. The zero-order chi connectivity index (χ0) is 17.2. The quantitative estimate of drug-likeness (QED) is 0.537. The van der Waals surface area contributed by atoms with Crippen LogP contribution >= 0.6 is 0 Å². The lowest BCUT2D eigenvalue weighted by molar-refractivity contribution is -0.198. The first-order chi connectivity index (χ1) is 11.9. The van der Waals surface area contributed by atoms with Crippen molar-refractivity contribution < 1.29 is 19.0 Å². The first-order valence-corrected chi connectivity index (χ1v) is 10.4. The van der Waals surface area contributed by atoms with Gasteiger partial charge in [0.05, 0.1) is 12.2 Å². The standard InChI is InChI=1S/C21H30O4/c1-11(22)24-21-18(25-21)9-15-13-5-4-12-8-16-17(23-16)10-19(12,2)14(13)6-7-20(15,21)3/h12-18H,4-10H2,1-3H3/t12-,13+,14-,15-,16-,17+,18-,19-,20-,21+/m0/s1. The number of esters is 1. The van der Waals surface area contributed by atoms with Crippen molar-refractivity contribution in [1.82, 2.24) is 0 Å². The van der Waals surface area contributed by atoms with Crippen LogP contribution in [0, 0.1) is 34.5 Å². The van der Waals surface area contributed by atoms with Crippen molar-refractivity contribution in [1.29, 1.82) is 0 Å². The summed E-state index contributed by atoms with van der Waals surface area (Å²) >= 11 is 0. The zero-order valence-electron chi connectivity index (χ0n) is 15.6. The Kier molecular flexibility index (Phi) is 2.74. The molecular formula is C21H30O4. The molecule has 0 aromatic rings. The van der Waals surface area contributed by atoms with Crippen LogP contribution < -0.4 is 0 Å². The predicted molar refractivity (Wildman–Crippen MR) is 90.5 cm³/mol. The minimum atomic E-state index is -0.594. The molecule has 0 aromatic heterocycles. The van der Waals surface area contributed by atoms with Crippen LogP contribution in [0.15, 0.2) is 0 Å². The van der Waals surface area contributed by atoms with E-state index in [0.717, 1.165) is 30.6 Å². The maximum Gasteiger partial charge on any atom is 0.305 e. The number of ether oxygens (including phenoxy) is 3. The third-order valence-corrected chi connectivity index (χ3v) is 9.54. The third-order valence-electron chi connectivity index (χ3n) is 9.54. The van der Waals surface area contributed by atoms with Crippen molar-refractivity contribution in [3.8, 4) is 0 Å². The van der Waals surface area contributed by atoms with E-state index in [1.807, 2.05) is 0 Å². The maximum atomic E-state index is 11.7. The van der Waals surface area contributed by atoms with Crippen LogP contribution in [0.3, 0.4) is 0 Å². The molecule has 0 aromatic carbocycles. The van der Waals surface area contributed by atoms with Crippen molar-refractivity contribution in [2.75, 3.05) is 0 Å². The van der Waals surface area contributed by atoms with Crippen molar-refractivity contribution in [3.05, 3.63) is 0 Å². The summed E-state index contributed by atoms with van der Waals surface area (Å²) in [6, 6.07) is 0. The average Bonchev–Trinajstić information content (AvgIpc) is 3.42. The minimum Gasteiger partial charge on any atom is -0.430 e. The molecule has 10 atom stereocenters. The summed E-state index contributed by atoms with van der Waals surface area (Å²) in [5.41, 5.74) is 0.477. The van der Waals surface area contributed by atoms with Gasteiger partial charge >= 0.3 is 5.97 Å². The van der Waals surface area contributed by atoms with E-state index in [0.29, 0.717) is 23.5 Å². The second kappa shape index (κ2) is 4.44.